The number of hydrogen-bond donors (Lipinski definition) is 12. The molecular formula is C49H64N14O31P4. The number of aromatic amines is 4. The fourth-order valence-electron chi connectivity index (χ4n) is 11.3. The maximum Gasteiger partial charge on any atom is 0.472 e. The molecule has 0 radical (unpaired) electrons. The fourth-order valence-corrected chi connectivity index (χ4v) is 15.1. The predicted octanol–water partition coefficient (Wildman–Crippen LogP) is -3.08. The molecule has 5 aliphatic heterocycles. The number of nitrogens with one attached hydrogen (secondary N) is 4. The molecule has 19 atom stereocenters. The third-order valence-electron chi connectivity index (χ3n) is 16.1. The van der Waals surface area contributed by atoms with E-state index in [4.69, 9.17) is 71.3 Å². The van der Waals surface area contributed by atoms with Crippen LogP contribution in [0.5, 0.6) is 0 Å². The van der Waals surface area contributed by atoms with Crippen LogP contribution >= 0.6 is 31.3 Å². The van der Waals surface area contributed by atoms with Crippen LogP contribution in [0, 0.1) is 20.8 Å². The molecule has 45 nitrogen and oxygen atoms in total. The Balaban J connectivity index is 0.789. The number of hydrogen-bond acceptors (Lipinski definition) is 32. The van der Waals surface area contributed by atoms with Gasteiger partial charge in [0, 0.05) is 73.6 Å². The highest BCUT2D eigenvalue weighted by Gasteiger charge is 2.50. The van der Waals surface area contributed by atoms with E-state index in [1.54, 1.807) is 0 Å². The van der Waals surface area contributed by atoms with Crippen molar-refractivity contribution in [3.05, 3.63) is 137 Å². The first kappa shape index (κ1) is 72.3. The van der Waals surface area contributed by atoms with E-state index in [9.17, 15) is 86.4 Å². The summed E-state index contributed by atoms with van der Waals surface area (Å²) >= 11 is 0. The summed E-state index contributed by atoms with van der Waals surface area (Å²) in [6, 6.07) is 1.30. The zero-order valence-electron chi connectivity index (χ0n) is 51.1. The highest BCUT2D eigenvalue weighted by molar-refractivity contribution is 7.48. The average molecular weight is 1470 g/mol. The number of nitrogen functional groups attached to an aromatic ring is 2. The second-order valence-electron chi connectivity index (χ2n) is 23.0. The molecule has 536 valence electrons. The summed E-state index contributed by atoms with van der Waals surface area (Å²) in [4.78, 5) is 166. The minimum absolute atomic E-state index is 0.00510. The van der Waals surface area contributed by atoms with Gasteiger partial charge in [-0.15, -0.1) is 0 Å². The SMILES string of the molecule is Cc1cn([C@H]2C[C@H](OP(=O)(O)OC[C@H]3O[C@@H](n4cc(C)c(=O)[nH]c4=O)C[C@@H]3OP(=O)(O)OC[C@H]3O[C@@H](n4cc(C)c(=O)[nH]c4=O)C[C@@H]3OP(=O)(O)OC[C@H]3O[C@@H](n4cnc5c(=O)[nH]c(N)nc54)C[C@@H]3OP(=O)(O)OC[C@H]3O[C@@H](n4ccc(N)nc4=O)C[C@@H]3O)[C@@H](CO)O2)c(=O)[nH]c1=O. The highest BCUT2D eigenvalue weighted by atomic mass is 31.2. The van der Waals surface area contributed by atoms with Crippen LogP contribution in [0.25, 0.3) is 11.2 Å². The first-order valence-electron chi connectivity index (χ1n) is 29.3. The molecule has 0 amide bonds. The number of aromatic nitrogens is 12. The molecule has 5 saturated heterocycles. The van der Waals surface area contributed by atoms with Crippen LogP contribution in [0.15, 0.2) is 75.5 Å². The van der Waals surface area contributed by atoms with Gasteiger partial charge in [-0.05, 0) is 26.8 Å². The molecule has 14 N–H and O–H groups in total. The third-order valence-corrected chi connectivity index (χ3v) is 20.1. The van der Waals surface area contributed by atoms with E-state index in [2.05, 4.69) is 34.9 Å². The summed E-state index contributed by atoms with van der Waals surface area (Å²) < 4.78 is 133. The number of aliphatic hydroxyl groups excluding tert-OH is 2. The number of fused-ring (bicyclic) bond motifs is 1. The van der Waals surface area contributed by atoms with Crippen LogP contribution in [0.2, 0.25) is 0 Å². The van der Waals surface area contributed by atoms with Crippen molar-refractivity contribution in [1.82, 2.24) is 57.7 Å². The first-order chi connectivity index (χ1) is 46.1. The Labute approximate surface area is 545 Å². The van der Waals surface area contributed by atoms with Gasteiger partial charge in [-0.25, -0.2) is 42.4 Å². The van der Waals surface area contributed by atoms with Crippen molar-refractivity contribution in [3.8, 4) is 0 Å². The minimum Gasteiger partial charge on any atom is -0.394 e. The first-order valence-corrected chi connectivity index (χ1v) is 35.3. The molecular weight excluding hydrogens is 1400 g/mol. The second-order valence-corrected chi connectivity index (χ2v) is 28.6. The average Bonchev–Trinajstić information content (AvgIpc) is 1.63. The van der Waals surface area contributed by atoms with Gasteiger partial charge >= 0.3 is 54.0 Å². The number of aryl methyl sites for hydroxylation is 3. The van der Waals surface area contributed by atoms with Gasteiger partial charge in [-0.2, -0.15) is 9.97 Å². The number of H-pyrrole nitrogens is 4. The van der Waals surface area contributed by atoms with E-state index in [1.807, 2.05) is 0 Å². The highest BCUT2D eigenvalue weighted by Crippen LogP contribution is 2.55. The lowest BCUT2D eigenvalue weighted by molar-refractivity contribution is -0.0646. The molecule has 0 spiro atoms. The molecule has 11 rings (SSSR count). The summed E-state index contributed by atoms with van der Waals surface area (Å²) in [5.74, 6) is -0.441. The number of nitrogens with zero attached hydrogens (tertiary/aromatic N) is 8. The largest absolute Gasteiger partial charge is 0.472 e. The zero-order valence-corrected chi connectivity index (χ0v) is 54.7. The molecule has 11 heterocycles. The van der Waals surface area contributed by atoms with Crippen LogP contribution in [0.3, 0.4) is 0 Å². The monoisotopic (exact) mass is 1470 g/mol. The summed E-state index contributed by atoms with van der Waals surface area (Å²) in [7, 11) is -21.7. The topological polar surface area (TPSA) is 625 Å². The third kappa shape index (κ3) is 16.4. The molecule has 5 fully saturated rings. The van der Waals surface area contributed by atoms with Crippen molar-refractivity contribution in [2.24, 2.45) is 0 Å². The van der Waals surface area contributed by atoms with E-state index < -0.39 is 221 Å². The normalized spacial score (nSPS) is 29.8. The molecule has 0 saturated carbocycles. The maximum atomic E-state index is 14.2. The number of nitrogens with two attached hydrogens (primary N) is 2. The van der Waals surface area contributed by atoms with Crippen LogP contribution < -0.4 is 56.5 Å². The summed E-state index contributed by atoms with van der Waals surface area (Å²) in [5, 5.41) is 20.9. The van der Waals surface area contributed by atoms with Gasteiger partial charge in [-0.3, -0.25) is 98.1 Å². The van der Waals surface area contributed by atoms with Crippen molar-refractivity contribution in [1.29, 1.82) is 0 Å². The van der Waals surface area contributed by atoms with Gasteiger partial charge in [0.15, 0.2) is 11.2 Å². The second kappa shape index (κ2) is 28.6. The van der Waals surface area contributed by atoms with Gasteiger partial charge in [0.05, 0.1) is 45.5 Å². The number of rotatable bonds is 26. The van der Waals surface area contributed by atoms with Crippen molar-refractivity contribution in [3.63, 3.8) is 0 Å². The fraction of sp³-hybridized carbons (Fsp3) is 0.571. The lowest BCUT2D eigenvalue weighted by atomic mass is 10.2. The molecule has 0 bridgehead atoms. The van der Waals surface area contributed by atoms with Crippen LogP contribution in [-0.4, -0.2) is 182 Å². The van der Waals surface area contributed by atoms with Gasteiger partial charge in [-0.1, -0.05) is 0 Å². The molecule has 5 aliphatic rings. The van der Waals surface area contributed by atoms with Crippen molar-refractivity contribution in [2.45, 2.75) is 145 Å². The summed E-state index contributed by atoms with van der Waals surface area (Å²) in [6.07, 6.45) is -18.9. The van der Waals surface area contributed by atoms with Gasteiger partial charge in [0.2, 0.25) is 5.95 Å². The quantitative estimate of drug-likeness (QED) is 0.0240. The van der Waals surface area contributed by atoms with E-state index in [-0.39, 0.29) is 52.5 Å². The Bertz CT molecular complexity index is 4710. The van der Waals surface area contributed by atoms with E-state index in [0.29, 0.717) is 0 Å². The van der Waals surface area contributed by atoms with E-state index >= 15 is 0 Å². The van der Waals surface area contributed by atoms with E-state index in [1.165, 1.54) is 37.6 Å². The molecule has 0 aliphatic carbocycles. The molecule has 6 aromatic heterocycles. The molecule has 0 aromatic carbocycles. The summed E-state index contributed by atoms with van der Waals surface area (Å²) in [6.45, 7) is -0.777. The molecule has 98 heavy (non-hydrogen) atoms. The van der Waals surface area contributed by atoms with Crippen molar-refractivity contribution in [2.75, 3.05) is 44.5 Å². The smallest absolute Gasteiger partial charge is 0.394 e. The molecule has 49 heteroatoms. The van der Waals surface area contributed by atoms with E-state index in [0.717, 1.165) is 43.2 Å². The lowest BCUT2D eigenvalue weighted by Gasteiger charge is -2.25. The van der Waals surface area contributed by atoms with Crippen LogP contribution in [0.1, 0.15) is 79.9 Å². The minimum atomic E-state index is -5.56. The standard InChI is InChI=1S/C49H64N14O31P4/c1-20-11-60(47(71)56-41(20)66)35-7-24(28(14-64)86-35)91-96(76,77)83-16-30-25(8-36(88-30)61-12-21(2)42(67)57-48(61)72)92-97(78,79)84-17-31-26(9-37(89-31)62-13-22(3)43(68)58-49(62)73)93-98(80,81)85-18-32-27(10-38(90-32)63-19-52-39-40(63)54-45(51)55-44(39)69)94-95(74,75)82-15-29-23(65)6-34(87-29)59-5-4-33(50)53-46(59)70/h4-5,11-13,19,23-32,34-38,64-65H,6-10,14-18H2,1-3H3,(H,74,75)(H,76,77)(H,78,79)(H,80,81)(H2,50,53,70)(H,56,66,71)(H,57,67,72)(H,58,68,73)(H3,51,54,55,69)/t23-,24-,25-,26-,27-,28+,29+,30+,31+,32+,34+,35+,36+,37+,38+/m0/s1. The Morgan fingerprint density at radius 1 is 0.500 bits per heavy atom. The zero-order chi connectivity index (χ0) is 70.7. The predicted molar refractivity (Wildman–Crippen MR) is 322 cm³/mol. The Morgan fingerprint density at radius 3 is 1.26 bits per heavy atom. The number of aliphatic hydroxyl groups is 2. The number of ether oxygens (including phenoxy) is 5. The van der Waals surface area contributed by atoms with Gasteiger partial charge in [0.1, 0.15) is 91.9 Å². The molecule has 4 unspecified atom stereocenters. The Kier molecular flexibility index (Phi) is 21.1. The van der Waals surface area contributed by atoms with Gasteiger partial charge in [0.25, 0.3) is 22.2 Å². The Hall–Kier alpha value is -6.97. The number of imidazole rings is 1. The number of phosphoric ester groups is 4. The van der Waals surface area contributed by atoms with Crippen LogP contribution in [0.4, 0.5) is 11.8 Å². The van der Waals surface area contributed by atoms with Gasteiger partial charge < -0.3 is 64.9 Å². The number of phosphoric acid groups is 4. The van der Waals surface area contributed by atoms with Crippen molar-refractivity contribution < 1.29 is 108 Å². The lowest BCUT2D eigenvalue weighted by Crippen LogP contribution is -2.33. The molecule has 6 aromatic rings. The Morgan fingerprint density at radius 2 is 0.857 bits per heavy atom. The van der Waals surface area contributed by atoms with Crippen molar-refractivity contribution >= 4 is 54.2 Å². The van der Waals surface area contributed by atoms with Crippen LogP contribution in [-0.2, 0) is 78.1 Å². The number of anilines is 2. The maximum absolute atomic E-state index is 14.2. The summed E-state index contributed by atoms with van der Waals surface area (Å²) in [5.41, 5.74) is 4.22.